The Kier molecular flexibility index (Phi) is 4.78. The number of likely N-dealkylation sites (N-methyl/N-ethyl adjacent to an activating group) is 1. The highest BCUT2D eigenvalue weighted by Gasteiger charge is 2.30. The molecule has 1 aliphatic rings. The van der Waals surface area contributed by atoms with Crippen molar-refractivity contribution in [1.82, 2.24) is 10.2 Å². The van der Waals surface area contributed by atoms with E-state index in [1.807, 2.05) is 13.8 Å². The Morgan fingerprint density at radius 3 is 2.75 bits per heavy atom. The molecular formula is C16H25N3O. The quantitative estimate of drug-likeness (QED) is 0.822. The summed E-state index contributed by atoms with van der Waals surface area (Å²) in [6, 6.07) is 8.59. The number of carbonyl (C=O) groups excluding carboxylic acids is 1. The number of fused-ring (bicyclic) bond motifs is 1. The van der Waals surface area contributed by atoms with Gasteiger partial charge in [-0.3, -0.25) is 9.69 Å². The van der Waals surface area contributed by atoms with E-state index in [-0.39, 0.29) is 5.91 Å². The molecule has 2 rings (SSSR count). The zero-order valence-electron chi connectivity index (χ0n) is 12.5. The standard InChI is InChI=1S/C16H25N3O/c1-3-18-16(2,15(17)20)9-11-19-10-8-13-6-4-5-7-14(13)12-19/h4-7,18H,3,8-12H2,1-2H3,(H2,17,20). The minimum absolute atomic E-state index is 0.267. The van der Waals surface area contributed by atoms with Gasteiger partial charge in [0.1, 0.15) is 0 Å². The summed E-state index contributed by atoms with van der Waals surface area (Å²) in [6.45, 7) is 7.56. The topological polar surface area (TPSA) is 58.4 Å². The summed E-state index contributed by atoms with van der Waals surface area (Å²) in [4.78, 5) is 14.0. The molecule has 1 aromatic carbocycles. The van der Waals surface area contributed by atoms with E-state index in [0.29, 0.717) is 0 Å². The molecule has 0 bridgehead atoms. The maximum Gasteiger partial charge on any atom is 0.237 e. The monoisotopic (exact) mass is 275 g/mol. The van der Waals surface area contributed by atoms with Crippen LogP contribution in [0.2, 0.25) is 0 Å². The molecule has 0 radical (unpaired) electrons. The number of rotatable bonds is 6. The van der Waals surface area contributed by atoms with E-state index in [0.717, 1.165) is 39.0 Å². The van der Waals surface area contributed by atoms with E-state index in [9.17, 15) is 4.79 Å². The van der Waals surface area contributed by atoms with Gasteiger partial charge < -0.3 is 11.1 Å². The summed E-state index contributed by atoms with van der Waals surface area (Å²) in [6.07, 6.45) is 1.84. The van der Waals surface area contributed by atoms with E-state index in [2.05, 4.69) is 34.5 Å². The van der Waals surface area contributed by atoms with Crippen LogP contribution in [0.4, 0.5) is 0 Å². The SMILES string of the molecule is CCNC(C)(CCN1CCc2ccccc2C1)C(N)=O. The van der Waals surface area contributed by atoms with Crippen molar-refractivity contribution in [2.75, 3.05) is 19.6 Å². The van der Waals surface area contributed by atoms with Gasteiger partial charge in [0.05, 0.1) is 5.54 Å². The van der Waals surface area contributed by atoms with Crippen molar-refractivity contribution in [2.24, 2.45) is 5.73 Å². The molecule has 1 aromatic rings. The highest BCUT2D eigenvalue weighted by atomic mass is 16.1. The maximum atomic E-state index is 11.6. The predicted molar refractivity (Wildman–Crippen MR) is 81.3 cm³/mol. The summed E-state index contributed by atoms with van der Waals surface area (Å²) in [7, 11) is 0. The molecule has 0 fully saturated rings. The first kappa shape index (κ1) is 15.0. The number of hydrogen-bond acceptors (Lipinski definition) is 3. The van der Waals surface area contributed by atoms with Crippen LogP contribution in [0.5, 0.6) is 0 Å². The molecule has 1 heterocycles. The molecule has 0 saturated heterocycles. The van der Waals surface area contributed by atoms with Crippen molar-refractivity contribution in [3.63, 3.8) is 0 Å². The highest BCUT2D eigenvalue weighted by Crippen LogP contribution is 2.20. The lowest BCUT2D eigenvalue weighted by molar-refractivity contribution is -0.124. The van der Waals surface area contributed by atoms with Gasteiger partial charge in [0.25, 0.3) is 0 Å². The second-order valence-corrected chi connectivity index (χ2v) is 5.77. The summed E-state index contributed by atoms with van der Waals surface area (Å²) in [5.41, 5.74) is 7.78. The van der Waals surface area contributed by atoms with Crippen LogP contribution >= 0.6 is 0 Å². The number of amides is 1. The molecule has 4 heteroatoms. The Morgan fingerprint density at radius 2 is 2.10 bits per heavy atom. The molecule has 0 spiro atoms. The van der Waals surface area contributed by atoms with Gasteiger partial charge >= 0.3 is 0 Å². The molecule has 1 aliphatic heterocycles. The molecule has 110 valence electrons. The Morgan fingerprint density at radius 1 is 1.40 bits per heavy atom. The number of primary amides is 1. The Labute approximate surface area is 121 Å². The van der Waals surface area contributed by atoms with Crippen molar-refractivity contribution in [1.29, 1.82) is 0 Å². The molecule has 1 amide bonds. The predicted octanol–water partition coefficient (Wildman–Crippen LogP) is 1.29. The molecule has 3 N–H and O–H groups in total. The lowest BCUT2D eigenvalue weighted by atomic mass is 9.95. The Bertz CT molecular complexity index is 475. The van der Waals surface area contributed by atoms with Crippen LogP contribution in [0.1, 0.15) is 31.4 Å². The number of carbonyl (C=O) groups is 1. The molecule has 0 aliphatic carbocycles. The molecule has 1 unspecified atom stereocenters. The molecule has 20 heavy (non-hydrogen) atoms. The van der Waals surface area contributed by atoms with Gasteiger partial charge in [0.15, 0.2) is 0 Å². The lowest BCUT2D eigenvalue weighted by Gasteiger charge is -2.33. The number of nitrogens with one attached hydrogen (secondary N) is 1. The molecule has 1 atom stereocenters. The van der Waals surface area contributed by atoms with Gasteiger partial charge in [-0.2, -0.15) is 0 Å². The van der Waals surface area contributed by atoms with Crippen LogP contribution < -0.4 is 11.1 Å². The van der Waals surface area contributed by atoms with Gasteiger partial charge in [0.2, 0.25) is 5.91 Å². The number of nitrogens with two attached hydrogens (primary N) is 1. The third-order valence-corrected chi connectivity index (χ3v) is 4.25. The number of benzene rings is 1. The molecular weight excluding hydrogens is 250 g/mol. The zero-order valence-corrected chi connectivity index (χ0v) is 12.5. The van der Waals surface area contributed by atoms with Crippen molar-refractivity contribution >= 4 is 5.91 Å². The number of nitrogens with zero attached hydrogens (tertiary/aromatic N) is 1. The van der Waals surface area contributed by atoms with Crippen LogP contribution in [0.25, 0.3) is 0 Å². The van der Waals surface area contributed by atoms with E-state index in [4.69, 9.17) is 5.73 Å². The van der Waals surface area contributed by atoms with Gasteiger partial charge in [0, 0.05) is 19.6 Å². The zero-order chi connectivity index (χ0) is 14.6. The molecule has 0 saturated carbocycles. The van der Waals surface area contributed by atoms with Crippen LogP contribution in [0, 0.1) is 0 Å². The first-order valence-corrected chi connectivity index (χ1v) is 7.39. The summed E-state index contributed by atoms with van der Waals surface area (Å²) in [5, 5.41) is 3.22. The fraction of sp³-hybridized carbons (Fsp3) is 0.562. The first-order chi connectivity index (χ1) is 9.55. The van der Waals surface area contributed by atoms with Gasteiger partial charge in [-0.25, -0.2) is 0 Å². The van der Waals surface area contributed by atoms with Crippen molar-refractivity contribution < 1.29 is 4.79 Å². The summed E-state index contributed by atoms with van der Waals surface area (Å²) < 4.78 is 0. The minimum Gasteiger partial charge on any atom is -0.368 e. The second kappa shape index (κ2) is 6.37. The third kappa shape index (κ3) is 3.38. The Balaban J connectivity index is 1.94. The highest BCUT2D eigenvalue weighted by molar-refractivity contribution is 5.84. The van der Waals surface area contributed by atoms with Crippen LogP contribution in [-0.4, -0.2) is 36.0 Å². The van der Waals surface area contributed by atoms with Crippen LogP contribution in [0.15, 0.2) is 24.3 Å². The summed E-state index contributed by atoms with van der Waals surface area (Å²) in [5.74, 6) is -0.267. The summed E-state index contributed by atoms with van der Waals surface area (Å²) >= 11 is 0. The maximum absolute atomic E-state index is 11.6. The smallest absolute Gasteiger partial charge is 0.237 e. The van der Waals surface area contributed by atoms with E-state index in [1.165, 1.54) is 11.1 Å². The first-order valence-electron chi connectivity index (χ1n) is 7.39. The molecule has 4 nitrogen and oxygen atoms in total. The second-order valence-electron chi connectivity index (χ2n) is 5.77. The average Bonchev–Trinajstić information content (AvgIpc) is 2.45. The van der Waals surface area contributed by atoms with Gasteiger partial charge in [-0.1, -0.05) is 31.2 Å². The lowest BCUT2D eigenvalue weighted by Crippen LogP contribution is -2.54. The minimum atomic E-state index is -0.605. The number of hydrogen-bond donors (Lipinski definition) is 2. The molecule has 0 aromatic heterocycles. The van der Waals surface area contributed by atoms with E-state index in [1.54, 1.807) is 0 Å². The van der Waals surface area contributed by atoms with Crippen LogP contribution in [0.3, 0.4) is 0 Å². The van der Waals surface area contributed by atoms with Crippen molar-refractivity contribution in [3.8, 4) is 0 Å². The fourth-order valence-electron chi connectivity index (χ4n) is 2.82. The van der Waals surface area contributed by atoms with Gasteiger partial charge in [-0.15, -0.1) is 0 Å². The Hall–Kier alpha value is -1.39. The largest absolute Gasteiger partial charge is 0.368 e. The van der Waals surface area contributed by atoms with Gasteiger partial charge in [-0.05, 0) is 37.4 Å². The van der Waals surface area contributed by atoms with Crippen molar-refractivity contribution in [3.05, 3.63) is 35.4 Å². The van der Waals surface area contributed by atoms with E-state index >= 15 is 0 Å². The van der Waals surface area contributed by atoms with E-state index < -0.39 is 5.54 Å². The normalized spacial score (nSPS) is 18.3. The van der Waals surface area contributed by atoms with Crippen LogP contribution in [-0.2, 0) is 17.8 Å². The average molecular weight is 275 g/mol. The van der Waals surface area contributed by atoms with Crippen molar-refractivity contribution in [2.45, 2.75) is 38.8 Å². The fourth-order valence-corrected chi connectivity index (χ4v) is 2.82. The third-order valence-electron chi connectivity index (χ3n) is 4.25.